The first-order chi connectivity index (χ1) is 12.4. The number of nitrogens with one attached hydrogen (secondary N) is 1. The van der Waals surface area contributed by atoms with Gasteiger partial charge in [0.1, 0.15) is 11.6 Å². The Labute approximate surface area is 157 Å². The summed E-state index contributed by atoms with van der Waals surface area (Å²) in [4.78, 5) is 14.2. The van der Waals surface area contributed by atoms with Gasteiger partial charge in [-0.2, -0.15) is 0 Å². The zero-order valence-corrected chi connectivity index (χ0v) is 16.0. The second-order valence-corrected chi connectivity index (χ2v) is 7.75. The van der Waals surface area contributed by atoms with E-state index in [2.05, 4.69) is 18.8 Å². The van der Waals surface area contributed by atoms with Gasteiger partial charge in [-0.15, -0.1) is 0 Å². The van der Waals surface area contributed by atoms with E-state index in [1.54, 1.807) is 0 Å². The van der Waals surface area contributed by atoms with Gasteiger partial charge in [-0.25, -0.2) is 4.39 Å². The van der Waals surface area contributed by atoms with E-state index >= 15 is 0 Å². The molecule has 1 aromatic heterocycles. The number of pyridine rings is 1. The number of ether oxygens (including phenoxy) is 1. The van der Waals surface area contributed by atoms with Crippen molar-refractivity contribution in [2.24, 2.45) is 11.1 Å². The molecule has 0 bridgehead atoms. The number of fused-ring (bicyclic) bond motifs is 1. The number of benzene rings is 1. The number of rotatable bonds is 5. The topological polar surface area (TPSA) is 68.1 Å². The fraction of sp³-hybridized carbons (Fsp3) is 0.550. The van der Waals surface area contributed by atoms with Crippen molar-refractivity contribution in [1.29, 1.82) is 0 Å². The van der Waals surface area contributed by atoms with Gasteiger partial charge in [0.15, 0.2) is 0 Å². The third kappa shape index (κ3) is 3.47. The summed E-state index contributed by atoms with van der Waals surface area (Å²) in [5.41, 5.74) is 6.19. The van der Waals surface area contributed by atoms with E-state index in [4.69, 9.17) is 22.1 Å². The maximum absolute atomic E-state index is 14.0. The van der Waals surface area contributed by atoms with Crippen molar-refractivity contribution in [3.8, 4) is 5.75 Å². The summed E-state index contributed by atoms with van der Waals surface area (Å²) < 4.78 is 20.1. The van der Waals surface area contributed by atoms with Crippen LogP contribution in [0, 0.1) is 11.2 Å². The van der Waals surface area contributed by atoms with Gasteiger partial charge in [0, 0.05) is 17.6 Å². The van der Waals surface area contributed by atoms with Crippen LogP contribution in [0.5, 0.6) is 5.75 Å². The molecule has 1 fully saturated rings. The normalized spacial score (nSPS) is 24.6. The molecule has 1 heterocycles. The van der Waals surface area contributed by atoms with Gasteiger partial charge in [-0.3, -0.25) is 4.79 Å². The summed E-state index contributed by atoms with van der Waals surface area (Å²) in [5, 5.41) is 0.774. The molecule has 26 heavy (non-hydrogen) atoms. The Kier molecular flexibility index (Phi) is 5.58. The quantitative estimate of drug-likeness (QED) is 0.784. The standard InChI is InChI=1S/C20H26ClFN2O2/c1-3-18(23)20(4-2)7-5-12(6-8-20)26-17-10-13-14(9-15(17)21)19(25)24-11-16(13)22/h9-12,18H,3-8,23H2,1-2H3,(H,24,25)/t12?,18-,20?/m1/s1. The zero-order valence-electron chi connectivity index (χ0n) is 15.3. The lowest BCUT2D eigenvalue weighted by Gasteiger charge is -2.43. The highest BCUT2D eigenvalue weighted by atomic mass is 35.5. The monoisotopic (exact) mass is 380 g/mol. The third-order valence-electron chi connectivity index (χ3n) is 6.06. The highest BCUT2D eigenvalue weighted by molar-refractivity contribution is 6.32. The predicted molar refractivity (Wildman–Crippen MR) is 103 cm³/mol. The van der Waals surface area contributed by atoms with Gasteiger partial charge in [-0.05, 0) is 56.1 Å². The molecule has 3 N–H and O–H groups in total. The smallest absolute Gasteiger partial charge is 0.256 e. The molecule has 2 aromatic rings. The minimum atomic E-state index is -0.497. The Balaban J connectivity index is 1.79. The molecule has 0 aliphatic heterocycles. The van der Waals surface area contributed by atoms with Crippen LogP contribution in [0.3, 0.4) is 0 Å². The average Bonchev–Trinajstić information content (AvgIpc) is 2.66. The predicted octanol–water partition coefficient (Wildman–Crippen LogP) is 4.78. The SMILES string of the molecule is CC[C@@H](N)C1(CC)CCC(Oc2cc3c(F)c[nH]c(=O)c3cc2Cl)CC1. The van der Waals surface area contributed by atoms with Crippen LogP contribution in [0.4, 0.5) is 4.39 Å². The maximum Gasteiger partial charge on any atom is 0.256 e. The average molecular weight is 381 g/mol. The molecule has 1 aromatic carbocycles. The largest absolute Gasteiger partial charge is 0.489 e. The molecule has 4 nitrogen and oxygen atoms in total. The lowest BCUT2D eigenvalue weighted by atomic mass is 9.66. The molecule has 1 aliphatic carbocycles. The van der Waals surface area contributed by atoms with Gasteiger partial charge >= 0.3 is 0 Å². The van der Waals surface area contributed by atoms with Crippen LogP contribution in [0.25, 0.3) is 10.8 Å². The van der Waals surface area contributed by atoms with Crippen molar-refractivity contribution in [2.75, 3.05) is 0 Å². The molecule has 1 saturated carbocycles. The molecular formula is C20H26ClFN2O2. The van der Waals surface area contributed by atoms with E-state index in [1.165, 1.54) is 12.1 Å². The summed E-state index contributed by atoms with van der Waals surface area (Å²) in [7, 11) is 0. The fourth-order valence-electron chi connectivity index (χ4n) is 4.20. The van der Waals surface area contributed by atoms with Crippen LogP contribution >= 0.6 is 11.6 Å². The molecule has 0 radical (unpaired) electrons. The van der Waals surface area contributed by atoms with Gasteiger partial charge in [0.2, 0.25) is 0 Å². The second kappa shape index (κ2) is 7.57. The number of hydrogen-bond donors (Lipinski definition) is 2. The number of hydrogen-bond acceptors (Lipinski definition) is 3. The van der Waals surface area contributed by atoms with Gasteiger partial charge in [0.05, 0.1) is 16.5 Å². The van der Waals surface area contributed by atoms with E-state index in [0.717, 1.165) is 44.7 Å². The van der Waals surface area contributed by atoms with Crippen molar-refractivity contribution in [3.05, 3.63) is 39.5 Å². The third-order valence-corrected chi connectivity index (χ3v) is 6.35. The second-order valence-electron chi connectivity index (χ2n) is 7.34. The van der Waals surface area contributed by atoms with Crippen molar-refractivity contribution in [3.63, 3.8) is 0 Å². The number of aromatic amines is 1. The van der Waals surface area contributed by atoms with Crippen molar-refractivity contribution in [1.82, 2.24) is 4.98 Å². The summed E-state index contributed by atoms with van der Waals surface area (Å²) in [6, 6.07) is 3.21. The first kappa shape index (κ1) is 19.2. The molecule has 142 valence electrons. The molecule has 1 aliphatic rings. The Morgan fingerprint density at radius 2 is 2.04 bits per heavy atom. The van der Waals surface area contributed by atoms with Crippen molar-refractivity contribution in [2.45, 2.75) is 64.5 Å². The lowest BCUT2D eigenvalue weighted by molar-refractivity contribution is 0.0569. The minimum Gasteiger partial charge on any atom is -0.489 e. The molecule has 1 atom stereocenters. The molecule has 0 spiro atoms. The van der Waals surface area contributed by atoms with E-state index in [9.17, 15) is 9.18 Å². The Morgan fingerprint density at radius 3 is 2.65 bits per heavy atom. The highest BCUT2D eigenvalue weighted by Gasteiger charge is 2.38. The number of nitrogens with two attached hydrogens (primary N) is 1. The van der Waals surface area contributed by atoms with Crippen LogP contribution in [-0.2, 0) is 0 Å². The Bertz CT molecular complexity index is 844. The lowest BCUT2D eigenvalue weighted by Crippen LogP contribution is -2.45. The van der Waals surface area contributed by atoms with E-state index in [1.807, 2.05) is 0 Å². The molecule has 0 amide bonds. The summed E-state index contributed by atoms with van der Waals surface area (Å²) in [6.45, 7) is 4.34. The van der Waals surface area contributed by atoms with Crippen LogP contribution in [0.2, 0.25) is 5.02 Å². The van der Waals surface area contributed by atoms with Crippen LogP contribution in [0.15, 0.2) is 23.1 Å². The first-order valence-corrected chi connectivity index (χ1v) is 9.70. The first-order valence-electron chi connectivity index (χ1n) is 9.33. The molecule has 6 heteroatoms. The fourth-order valence-corrected chi connectivity index (χ4v) is 4.40. The number of halogens is 2. The van der Waals surface area contributed by atoms with E-state index in [0.29, 0.717) is 10.8 Å². The zero-order chi connectivity index (χ0) is 18.9. The van der Waals surface area contributed by atoms with Crippen molar-refractivity contribution < 1.29 is 9.13 Å². The van der Waals surface area contributed by atoms with Crippen LogP contribution in [0.1, 0.15) is 52.4 Å². The molecule has 0 saturated heterocycles. The molecule has 0 unspecified atom stereocenters. The van der Waals surface area contributed by atoms with Gasteiger partial charge < -0.3 is 15.5 Å². The van der Waals surface area contributed by atoms with E-state index in [-0.39, 0.29) is 33.9 Å². The Morgan fingerprint density at radius 1 is 1.35 bits per heavy atom. The van der Waals surface area contributed by atoms with Crippen LogP contribution in [-0.4, -0.2) is 17.1 Å². The summed E-state index contributed by atoms with van der Waals surface area (Å²) in [5.74, 6) is -0.0684. The number of aromatic nitrogens is 1. The van der Waals surface area contributed by atoms with Crippen LogP contribution < -0.4 is 16.0 Å². The van der Waals surface area contributed by atoms with E-state index < -0.39 is 5.82 Å². The van der Waals surface area contributed by atoms with Gasteiger partial charge in [-0.1, -0.05) is 25.4 Å². The van der Waals surface area contributed by atoms with Gasteiger partial charge in [0.25, 0.3) is 5.56 Å². The molecule has 3 rings (SSSR count). The minimum absolute atomic E-state index is 0.0266. The summed E-state index contributed by atoms with van der Waals surface area (Å²) >= 11 is 6.28. The summed E-state index contributed by atoms with van der Waals surface area (Å²) in [6.07, 6.45) is 6.96. The maximum atomic E-state index is 14.0. The molecular weight excluding hydrogens is 355 g/mol. The van der Waals surface area contributed by atoms with Crippen molar-refractivity contribution >= 4 is 22.4 Å². The Hall–Kier alpha value is -1.59. The highest BCUT2D eigenvalue weighted by Crippen LogP contribution is 2.44. The number of H-pyrrole nitrogens is 1.